The summed E-state index contributed by atoms with van der Waals surface area (Å²) < 4.78 is 39.0. The first-order valence-electron chi connectivity index (χ1n) is 11.8. The smallest absolute Gasteiger partial charge is 0.293 e. The fraction of sp³-hybridized carbons (Fsp3) is 0.565. The molecule has 0 spiro atoms. The number of anilines is 1. The fourth-order valence-corrected chi connectivity index (χ4v) is 6.08. The Labute approximate surface area is 200 Å². The van der Waals surface area contributed by atoms with Gasteiger partial charge >= 0.3 is 0 Å². The number of nitro benzene ring substituents is 1. The fourth-order valence-electron chi connectivity index (χ4n) is 4.54. The van der Waals surface area contributed by atoms with E-state index >= 15 is 0 Å². The summed E-state index contributed by atoms with van der Waals surface area (Å²) in [6.07, 6.45) is 3.59. The van der Waals surface area contributed by atoms with E-state index in [9.17, 15) is 18.5 Å². The number of aryl methyl sites for hydroxylation is 1. The van der Waals surface area contributed by atoms with Crippen LogP contribution in [0.5, 0.6) is 0 Å². The molecule has 11 heteroatoms. The van der Waals surface area contributed by atoms with Gasteiger partial charge in [0.1, 0.15) is 17.2 Å². The standard InChI is InChI=1S/C23H32N4O6S/c1-18-6-9-23(33-18)22(25-12-14-32-15-13-25)17-24-20-8-7-19(16-21(20)27(28)29)34(30,31)26-10-4-2-3-5-11-26/h6-9,16,22,24H,2-5,10-15,17H2,1H3. The molecule has 0 radical (unpaired) electrons. The molecular weight excluding hydrogens is 460 g/mol. The Morgan fingerprint density at radius 3 is 2.38 bits per heavy atom. The van der Waals surface area contributed by atoms with E-state index in [1.807, 2.05) is 19.1 Å². The Balaban J connectivity index is 1.56. The molecule has 2 saturated heterocycles. The van der Waals surface area contributed by atoms with Crippen molar-refractivity contribution in [3.05, 3.63) is 52.0 Å². The second-order valence-corrected chi connectivity index (χ2v) is 10.7. The van der Waals surface area contributed by atoms with E-state index in [2.05, 4.69) is 10.2 Å². The SMILES string of the molecule is Cc1ccc(C(CNc2ccc(S(=O)(=O)N3CCCCCC3)cc2[N+](=O)[O-])N2CCOCC2)o1. The third kappa shape index (κ3) is 5.60. The molecule has 1 aromatic carbocycles. The third-order valence-corrected chi connectivity index (χ3v) is 8.33. The maximum atomic E-state index is 13.1. The molecule has 1 unspecified atom stereocenters. The van der Waals surface area contributed by atoms with Crippen molar-refractivity contribution in [3.8, 4) is 0 Å². The summed E-state index contributed by atoms with van der Waals surface area (Å²) in [6, 6.07) is 7.79. The number of hydrogen-bond acceptors (Lipinski definition) is 8. The maximum absolute atomic E-state index is 13.1. The van der Waals surface area contributed by atoms with Crippen LogP contribution < -0.4 is 5.32 Å². The normalized spacial score (nSPS) is 19.4. The van der Waals surface area contributed by atoms with Gasteiger partial charge in [-0.25, -0.2) is 8.42 Å². The van der Waals surface area contributed by atoms with Gasteiger partial charge in [0, 0.05) is 38.8 Å². The quantitative estimate of drug-likeness (QED) is 0.439. The van der Waals surface area contributed by atoms with E-state index in [1.165, 1.54) is 22.5 Å². The van der Waals surface area contributed by atoms with Crippen molar-refractivity contribution in [1.29, 1.82) is 0 Å². The Bertz CT molecular complexity index is 1090. The summed E-state index contributed by atoms with van der Waals surface area (Å²) in [4.78, 5) is 13.5. The molecule has 0 aliphatic carbocycles. The van der Waals surface area contributed by atoms with Crippen LogP contribution in [0.3, 0.4) is 0 Å². The number of rotatable bonds is 8. The van der Waals surface area contributed by atoms with Crippen LogP contribution in [0.2, 0.25) is 0 Å². The van der Waals surface area contributed by atoms with Crippen molar-refractivity contribution in [2.45, 2.75) is 43.5 Å². The maximum Gasteiger partial charge on any atom is 0.293 e. The lowest BCUT2D eigenvalue weighted by Crippen LogP contribution is -2.41. The summed E-state index contributed by atoms with van der Waals surface area (Å²) in [7, 11) is -3.78. The number of nitrogens with one attached hydrogen (secondary N) is 1. The Morgan fingerprint density at radius 1 is 1.06 bits per heavy atom. The van der Waals surface area contributed by atoms with Gasteiger partial charge in [0.05, 0.1) is 29.1 Å². The van der Waals surface area contributed by atoms with Crippen LogP contribution in [0.25, 0.3) is 0 Å². The molecule has 2 aliphatic heterocycles. The average molecular weight is 493 g/mol. The zero-order chi connectivity index (χ0) is 24.1. The minimum absolute atomic E-state index is 0.0435. The van der Waals surface area contributed by atoms with Gasteiger partial charge in [-0.1, -0.05) is 12.8 Å². The largest absolute Gasteiger partial charge is 0.465 e. The van der Waals surface area contributed by atoms with Gasteiger partial charge in [0.15, 0.2) is 0 Å². The molecule has 10 nitrogen and oxygen atoms in total. The van der Waals surface area contributed by atoms with E-state index in [1.54, 1.807) is 0 Å². The highest BCUT2D eigenvalue weighted by molar-refractivity contribution is 7.89. The predicted molar refractivity (Wildman–Crippen MR) is 127 cm³/mol. The van der Waals surface area contributed by atoms with E-state index in [0.717, 1.165) is 50.3 Å². The van der Waals surface area contributed by atoms with Crippen molar-refractivity contribution >= 4 is 21.4 Å². The molecule has 2 fully saturated rings. The number of hydrogen-bond donors (Lipinski definition) is 1. The first-order chi connectivity index (χ1) is 16.4. The molecular formula is C23H32N4O6S. The molecule has 4 rings (SSSR count). The van der Waals surface area contributed by atoms with Gasteiger partial charge in [-0.05, 0) is 44.0 Å². The molecule has 186 valence electrons. The summed E-state index contributed by atoms with van der Waals surface area (Å²) in [6.45, 7) is 5.80. The molecule has 0 amide bonds. The number of furan rings is 1. The van der Waals surface area contributed by atoms with Crippen LogP contribution in [-0.4, -0.2) is 68.5 Å². The third-order valence-electron chi connectivity index (χ3n) is 6.43. The number of nitrogens with zero attached hydrogens (tertiary/aromatic N) is 3. The monoisotopic (exact) mass is 492 g/mol. The van der Waals surface area contributed by atoms with Crippen molar-refractivity contribution in [1.82, 2.24) is 9.21 Å². The summed E-state index contributed by atoms with van der Waals surface area (Å²) in [5, 5.41) is 15.0. The highest BCUT2D eigenvalue weighted by Crippen LogP contribution is 2.31. The number of nitro groups is 1. The van der Waals surface area contributed by atoms with E-state index in [-0.39, 0.29) is 22.3 Å². The summed E-state index contributed by atoms with van der Waals surface area (Å²) >= 11 is 0. The van der Waals surface area contributed by atoms with E-state index in [4.69, 9.17) is 9.15 Å². The number of ether oxygens (including phenoxy) is 1. The second kappa shape index (κ2) is 10.9. The molecule has 1 N–H and O–H groups in total. The molecule has 2 aromatic rings. The Kier molecular flexibility index (Phi) is 7.87. The number of sulfonamides is 1. The van der Waals surface area contributed by atoms with Crippen molar-refractivity contribution in [3.63, 3.8) is 0 Å². The van der Waals surface area contributed by atoms with E-state index < -0.39 is 14.9 Å². The highest BCUT2D eigenvalue weighted by atomic mass is 32.2. The molecule has 34 heavy (non-hydrogen) atoms. The van der Waals surface area contributed by atoms with Gasteiger partial charge < -0.3 is 14.5 Å². The lowest BCUT2D eigenvalue weighted by molar-refractivity contribution is -0.384. The summed E-state index contributed by atoms with van der Waals surface area (Å²) in [5.41, 5.74) is 0.0219. The molecule has 0 saturated carbocycles. The molecule has 1 aromatic heterocycles. The first-order valence-corrected chi connectivity index (χ1v) is 13.2. The van der Waals surface area contributed by atoms with Gasteiger partial charge in [-0.2, -0.15) is 4.31 Å². The molecule has 3 heterocycles. The van der Waals surface area contributed by atoms with Gasteiger partial charge in [-0.15, -0.1) is 0 Å². The van der Waals surface area contributed by atoms with Crippen LogP contribution in [-0.2, 0) is 14.8 Å². The number of morpholine rings is 1. The zero-order valence-electron chi connectivity index (χ0n) is 19.4. The van der Waals surface area contributed by atoms with Crippen LogP contribution >= 0.6 is 0 Å². The molecule has 0 bridgehead atoms. The van der Waals surface area contributed by atoms with Crippen LogP contribution in [0, 0.1) is 17.0 Å². The molecule has 2 aliphatic rings. The minimum Gasteiger partial charge on any atom is -0.465 e. The lowest BCUT2D eigenvalue weighted by atomic mass is 10.1. The first kappa shape index (κ1) is 24.6. The second-order valence-electron chi connectivity index (χ2n) is 8.75. The van der Waals surface area contributed by atoms with Gasteiger partial charge in [0.2, 0.25) is 10.0 Å². The lowest BCUT2D eigenvalue weighted by Gasteiger charge is -2.33. The van der Waals surface area contributed by atoms with Crippen molar-refractivity contribution in [2.24, 2.45) is 0 Å². The topological polar surface area (TPSA) is 118 Å². The van der Waals surface area contributed by atoms with Gasteiger partial charge in [0.25, 0.3) is 5.69 Å². The predicted octanol–water partition coefficient (Wildman–Crippen LogP) is 3.55. The van der Waals surface area contributed by atoms with Crippen LogP contribution in [0.4, 0.5) is 11.4 Å². The Morgan fingerprint density at radius 2 is 1.76 bits per heavy atom. The number of benzene rings is 1. The van der Waals surface area contributed by atoms with Crippen molar-refractivity contribution < 1.29 is 22.5 Å². The van der Waals surface area contributed by atoms with Crippen molar-refractivity contribution in [2.75, 3.05) is 51.3 Å². The summed E-state index contributed by atoms with van der Waals surface area (Å²) in [5.74, 6) is 1.57. The van der Waals surface area contributed by atoms with Crippen LogP contribution in [0.15, 0.2) is 39.6 Å². The van der Waals surface area contributed by atoms with Gasteiger partial charge in [-0.3, -0.25) is 15.0 Å². The van der Waals surface area contributed by atoms with Crippen LogP contribution in [0.1, 0.15) is 43.2 Å². The average Bonchev–Trinajstić information content (AvgIpc) is 3.07. The molecule has 1 atom stereocenters. The Hall–Kier alpha value is -2.47. The highest BCUT2D eigenvalue weighted by Gasteiger charge is 2.29. The zero-order valence-corrected chi connectivity index (χ0v) is 20.3. The minimum atomic E-state index is -3.78. The van der Waals surface area contributed by atoms with E-state index in [0.29, 0.717) is 32.8 Å².